The number of aryl methyl sites for hydroxylation is 1. The van der Waals surface area contributed by atoms with Gasteiger partial charge in [0.1, 0.15) is 17.8 Å². The van der Waals surface area contributed by atoms with Crippen molar-refractivity contribution in [2.75, 3.05) is 20.2 Å². The number of likely N-dealkylation sites (N-methyl/N-ethyl adjacent to an activating group) is 1. The van der Waals surface area contributed by atoms with Crippen LogP contribution in [0.25, 0.3) is 10.9 Å². The summed E-state index contributed by atoms with van der Waals surface area (Å²) < 4.78 is 6.84. The molecule has 0 N–H and O–H groups in total. The van der Waals surface area contributed by atoms with Gasteiger partial charge in [0.15, 0.2) is 0 Å². The van der Waals surface area contributed by atoms with Crippen molar-refractivity contribution in [3.05, 3.63) is 64.4 Å². The summed E-state index contributed by atoms with van der Waals surface area (Å²) in [5.41, 5.74) is 1.29. The van der Waals surface area contributed by atoms with E-state index in [-0.39, 0.29) is 18.0 Å². The van der Waals surface area contributed by atoms with Gasteiger partial charge in [-0.2, -0.15) is 0 Å². The number of aromatic nitrogens is 3. The number of fused-ring (bicyclic) bond motifs is 1. The Kier molecular flexibility index (Phi) is 5.80. The van der Waals surface area contributed by atoms with Gasteiger partial charge in [-0.15, -0.1) is 5.10 Å². The molecule has 0 saturated carbocycles. The maximum Gasteiger partial charge on any atom is 0.278 e. The smallest absolute Gasteiger partial charge is 0.278 e. The van der Waals surface area contributed by atoms with Gasteiger partial charge in [0.25, 0.3) is 5.56 Å². The lowest BCUT2D eigenvalue weighted by atomic mass is 10.2. The molecule has 3 aromatic rings. The van der Waals surface area contributed by atoms with Gasteiger partial charge in [0.05, 0.1) is 12.0 Å². The molecule has 0 fully saturated rings. The van der Waals surface area contributed by atoms with E-state index in [9.17, 15) is 9.59 Å². The van der Waals surface area contributed by atoms with Crippen molar-refractivity contribution < 1.29 is 9.53 Å². The summed E-state index contributed by atoms with van der Waals surface area (Å²) in [6.45, 7) is 2.90. The standard InChI is InChI=1S/C20H22N4O3/c1-15-8-3-6-11-18(15)27-13-7-12-23(2)19(25)14-24-20(26)16-9-4-5-10-17(16)21-22-24/h3-6,8-11H,7,12-14H2,1-2H3. The van der Waals surface area contributed by atoms with Crippen LogP contribution in [0.15, 0.2) is 53.3 Å². The number of carbonyl (C=O) groups excluding carboxylic acids is 1. The highest BCUT2D eigenvalue weighted by Crippen LogP contribution is 2.16. The van der Waals surface area contributed by atoms with Crippen LogP contribution in [0.5, 0.6) is 5.75 Å². The van der Waals surface area contributed by atoms with E-state index < -0.39 is 0 Å². The van der Waals surface area contributed by atoms with E-state index in [0.29, 0.717) is 30.5 Å². The molecule has 0 atom stereocenters. The normalized spacial score (nSPS) is 10.7. The number of ether oxygens (including phenoxy) is 1. The van der Waals surface area contributed by atoms with Crippen molar-refractivity contribution in [2.24, 2.45) is 0 Å². The average molecular weight is 366 g/mol. The van der Waals surface area contributed by atoms with Crippen LogP contribution >= 0.6 is 0 Å². The zero-order valence-electron chi connectivity index (χ0n) is 15.5. The largest absolute Gasteiger partial charge is 0.493 e. The highest BCUT2D eigenvalue weighted by atomic mass is 16.5. The Morgan fingerprint density at radius 1 is 1.15 bits per heavy atom. The molecule has 0 spiro atoms. The Balaban J connectivity index is 1.53. The van der Waals surface area contributed by atoms with E-state index in [0.717, 1.165) is 16.0 Å². The molecular formula is C20H22N4O3. The molecule has 0 aliphatic heterocycles. The summed E-state index contributed by atoms with van der Waals surface area (Å²) in [6.07, 6.45) is 0.689. The lowest BCUT2D eigenvalue weighted by Gasteiger charge is -2.17. The molecule has 3 rings (SSSR count). The van der Waals surface area contributed by atoms with Crippen molar-refractivity contribution in [3.63, 3.8) is 0 Å². The zero-order valence-corrected chi connectivity index (χ0v) is 15.5. The van der Waals surface area contributed by atoms with Gasteiger partial charge < -0.3 is 9.64 Å². The molecule has 0 saturated heterocycles. The SMILES string of the molecule is Cc1ccccc1OCCCN(C)C(=O)Cn1nnc2ccccc2c1=O. The van der Waals surface area contributed by atoms with Crippen LogP contribution in [0.2, 0.25) is 0 Å². The van der Waals surface area contributed by atoms with Gasteiger partial charge in [-0.25, -0.2) is 4.68 Å². The quantitative estimate of drug-likeness (QED) is 0.598. The number of rotatable bonds is 7. The number of nitrogens with zero attached hydrogens (tertiary/aromatic N) is 4. The fraction of sp³-hybridized carbons (Fsp3) is 0.300. The minimum absolute atomic E-state index is 0.133. The van der Waals surface area contributed by atoms with Gasteiger partial charge in [-0.1, -0.05) is 35.5 Å². The number of amides is 1. The third-order valence-corrected chi connectivity index (χ3v) is 4.33. The van der Waals surface area contributed by atoms with E-state index >= 15 is 0 Å². The van der Waals surface area contributed by atoms with Crippen LogP contribution in [0, 0.1) is 6.92 Å². The first kappa shape index (κ1) is 18.6. The molecule has 7 nitrogen and oxygen atoms in total. The molecule has 1 amide bonds. The fourth-order valence-electron chi connectivity index (χ4n) is 2.70. The molecule has 0 aliphatic carbocycles. The summed E-state index contributed by atoms with van der Waals surface area (Å²) in [5, 5.41) is 8.30. The predicted molar refractivity (Wildman–Crippen MR) is 103 cm³/mol. The molecule has 1 heterocycles. The molecule has 27 heavy (non-hydrogen) atoms. The third kappa shape index (κ3) is 4.49. The molecular weight excluding hydrogens is 344 g/mol. The summed E-state index contributed by atoms with van der Waals surface area (Å²) in [6, 6.07) is 14.8. The predicted octanol–water partition coefficient (Wildman–Crippen LogP) is 2.03. The number of para-hydroxylation sites is 1. The number of benzene rings is 2. The Labute approximate surface area is 157 Å². The minimum Gasteiger partial charge on any atom is -0.493 e. The van der Waals surface area contributed by atoms with Crippen molar-refractivity contribution in [2.45, 2.75) is 19.9 Å². The van der Waals surface area contributed by atoms with E-state index in [1.807, 2.05) is 31.2 Å². The molecule has 2 aromatic carbocycles. The van der Waals surface area contributed by atoms with Crippen LogP contribution in [0.3, 0.4) is 0 Å². The lowest BCUT2D eigenvalue weighted by Crippen LogP contribution is -2.36. The first-order valence-electron chi connectivity index (χ1n) is 8.81. The van der Waals surface area contributed by atoms with E-state index in [2.05, 4.69) is 10.3 Å². The minimum atomic E-state index is -0.315. The summed E-state index contributed by atoms with van der Waals surface area (Å²) in [7, 11) is 1.70. The van der Waals surface area contributed by atoms with Gasteiger partial charge in [0, 0.05) is 13.6 Å². The van der Waals surface area contributed by atoms with Gasteiger partial charge >= 0.3 is 0 Å². The first-order chi connectivity index (χ1) is 13.1. The number of hydrogen-bond acceptors (Lipinski definition) is 5. The monoisotopic (exact) mass is 366 g/mol. The molecule has 0 aliphatic rings. The second-order valence-electron chi connectivity index (χ2n) is 6.35. The zero-order chi connectivity index (χ0) is 19.2. The molecule has 0 unspecified atom stereocenters. The topological polar surface area (TPSA) is 77.3 Å². The summed E-state index contributed by atoms with van der Waals surface area (Å²) >= 11 is 0. The van der Waals surface area contributed by atoms with Gasteiger partial charge in [0.2, 0.25) is 5.91 Å². The Morgan fingerprint density at radius 2 is 1.89 bits per heavy atom. The highest BCUT2D eigenvalue weighted by molar-refractivity contribution is 5.78. The second-order valence-corrected chi connectivity index (χ2v) is 6.35. The Bertz CT molecular complexity index is 1000. The molecule has 0 bridgehead atoms. The van der Waals surface area contributed by atoms with E-state index in [1.54, 1.807) is 36.2 Å². The number of carbonyl (C=O) groups is 1. The van der Waals surface area contributed by atoms with Crippen molar-refractivity contribution in [3.8, 4) is 5.75 Å². The maximum absolute atomic E-state index is 12.4. The van der Waals surface area contributed by atoms with Gasteiger partial charge in [-0.05, 0) is 37.1 Å². The maximum atomic E-state index is 12.4. The van der Waals surface area contributed by atoms with Crippen LogP contribution in [-0.4, -0.2) is 46.0 Å². The van der Waals surface area contributed by atoms with Crippen LogP contribution in [0.4, 0.5) is 0 Å². The summed E-state index contributed by atoms with van der Waals surface area (Å²) in [4.78, 5) is 26.4. The lowest BCUT2D eigenvalue weighted by molar-refractivity contribution is -0.130. The fourth-order valence-corrected chi connectivity index (χ4v) is 2.70. The van der Waals surface area contributed by atoms with Gasteiger partial charge in [-0.3, -0.25) is 9.59 Å². The number of hydrogen-bond donors (Lipinski definition) is 0. The second kappa shape index (κ2) is 8.44. The molecule has 1 aromatic heterocycles. The van der Waals surface area contributed by atoms with Crippen molar-refractivity contribution in [1.29, 1.82) is 0 Å². The van der Waals surface area contributed by atoms with Crippen molar-refractivity contribution >= 4 is 16.8 Å². The average Bonchev–Trinajstić information content (AvgIpc) is 2.68. The Hall–Kier alpha value is -3.22. The first-order valence-corrected chi connectivity index (χ1v) is 8.81. The Morgan fingerprint density at radius 3 is 2.70 bits per heavy atom. The van der Waals surface area contributed by atoms with E-state index in [1.165, 1.54) is 0 Å². The molecule has 140 valence electrons. The highest BCUT2D eigenvalue weighted by Gasteiger charge is 2.13. The summed E-state index contributed by atoms with van der Waals surface area (Å²) in [5.74, 6) is 0.655. The van der Waals surface area contributed by atoms with Crippen LogP contribution in [-0.2, 0) is 11.3 Å². The van der Waals surface area contributed by atoms with Crippen molar-refractivity contribution in [1.82, 2.24) is 19.9 Å². The van der Waals surface area contributed by atoms with Crippen LogP contribution in [0.1, 0.15) is 12.0 Å². The third-order valence-electron chi connectivity index (χ3n) is 4.33. The van der Waals surface area contributed by atoms with E-state index in [4.69, 9.17) is 4.74 Å². The van der Waals surface area contributed by atoms with Crippen LogP contribution < -0.4 is 10.3 Å². The molecule has 0 radical (unpaired) electrons. The molecule has 7 heteroatoms.